The van der Waals surface area contributed by atoms with Crippen LogP contribution in [0.1, 0.15) is 24.8 Å². The summed E-state index contributed by atoms with van der Waals surface area (Å²) in [6, 6.07) is 15.3. The SMILES string of the molecule is O=S(=O)(NC1CCCC(N2c3ccccc3Oc3ccccc32)[C@H]1O)c1ccc(C(F)(F)C(F)(F)F)cc1. The van der Waals surface area contributed by atoms with Gasteiger partial charge in [-0.1, -0.05) is 36.4 Å². The summed E-state index contributed by atoms with van der Waals surface area (Å²) in [5.41, 5.74) is 0.0474. The van der Waals surface area contributed by atoms with E-state index in [0.29, 0.717) is 66.4 Å². The van der Waals surface area contributed by atoms with E-state index in [1.807, 2.05) is 41.3 Å². The van der Waals surface area contributed by atoms with Gasteiger partial charge < -0.3 is 14.7 Å². The number of hydrogen-bond acceptors (Lipinski definition) is 5. The zero-order chi connectivity index (χ0) is 27.3. The third kappa shape index (κ3) is 4.61. The van der Waals surface area contributed by atoms with Gasteiger partial charge in [-0.25, -0.2) is 13.1 Å². The molecule has 0 saturated heterocycles. The molecule has 2 unspecified atom stereocenters. The summed E-state index contributed by atoms with van der Waals surface area (Å²) in [6.07, 6.45) is -5.58. The number of aliphatic hydroxyl groups is 1. The first kappa shape index (κ1) is 26.4. The summed E-state index contributed by atoms with van der Waals surface area (Å²) in [6.45, 7) is 0. The van der Waals surface area contributed by atoms with E-state index in [4.69, 9.17) is 4.74 Å². The van der Waals surface area contributed by atoms with Crippen LogP contribution < -0.4 is 14.4 Å². The van der Waals surface area contributed by atoms with E-state index in [2.05, 4.69) is 4.72 Å². The first-order valence-corrected chi connectivity index (χ1v) is 13.3. The van der Waals surface area contributed by atoms with Gasteiger partial charge in [-0.2, -0.15) is 22.0 Å². The highest BCUT2D eigenvalue weighted by molar-refractivity contribution is 7.89. The second-order valence-electron chi connectivity index (χ2n) is 9.22. The summed E-state index contributed by atoms with van der Waals surface area (Å²) >= 11 is 0. The quantitative estimate of drug-likeness (QED) is 0.387. The lowest BCUT2D eigenvalue weighted by Gasteiger charge is -2.44. The molecule has 0 amide bonds. The number of para-hydroxylation sites is 4. The molecule has 1 aliphatic heterocycles. The fourth-order valence-electron chi connectivity index (χ4n) is 4.93. The number of alkyl halides is 5. The minimum Gasteiger partial charge on any atom is -0.453 e. The van der Waals surface area contributed by atoms with Crippen LogP contribution in [0.3, 0.4) is 0 Å². The van der Waals surface area contributed by atoms with Crippen molar-refractivity contribution >= 4 is 21.4 Å². The monoisotopic (exact) mass is 554 g/mol. The zero-order valence-electron chi connectivity index (χ0n) is 19.7. The molecule has 1 heterocycles. The van der Waals surface area contributed by atoms with Gasteiger partial charge >= 0.3 is 12.1 Å². The molecule has 3 aromatic carbocycles. The predicted octanol–water partition coefficient (Wildman–Crippen LogP) is 5.85. The van der Waals surface area contributed by atoms with E-state index in [-0.39, 0.29) is 0 Å². The lowest BCUT2D eigenvalue weighted by atomic mass is 9.86. The van der Waals surface area contributed by atoms with Gasteiger partial charge in [0.15, 0.2) is 11.5 Å². The molecule has 38 heavy (non-hydrogen) atoms. The van der Waals surface area contributed by atoms with Crippen molar-refractivity contribution in [3.63, 3.8) is 0 Å². The average Bonchev–Trinajstić information content (AvgIpc) is 2.88. The van der Waals surface area contributed by atoms with Crippen LogP contribution in [0, 0.1) is 0 Å². The number of benzene rings is 3. The number of nitrogens with zero attached hydrogens (tertiary/aromatic N) is 1. The number of hydrogen-bond donors (Lipinski definition) is 2. The van der Waals surface area contributed by atoms with Crippen LogP contribution in [0.4, 0.5) is 33.3 Å². The molecule has 0 radical (unpaired) electrons. The van der Waals surface area contributed by atoms with Crippen molar-refractivity contribution in [1.82, 2.24) is 4.72 Å². The Bertz CT molecular complexity index is 1380. The lowest BCUT2D eigenvalue weighted by molar-refractivity contribution is -0.289. The Labute approximate surface area is 215 Å². The smallest absolute Gasteiger partial charge is 0.453 e. The summed E-state index contributed by atoms with van der Waals surface area (Å²) in [5.74, 6) is -3.96. The molecule has 2 aliphatic rings. The van der Waals surface area contributed by atoms with Gasteiger partial charge in [0.1, 0.15) is 0 Å². The van der Waals surface area contributed by atoms with Crippen LogP contribution in [-0.4, -0.2) is 37.9 Å². The number of ether oxygens (including phenoxy) is 1. The lowest BCUT2D eigenvalue weighted by Crippen LogP contribution is -2.56. The van der Waals surface area contributed by atoms with Crippen LogP contribution in [-0.2, 0) is 15.9 Å². The molecule has 3 atom stereocenters. The molecular formula is C26H23F5N2O4S. The molecule has 0 aromatic heterocycles. The molecular weight excluding hydrogens is 531 g/mol. The number of aliphatic hydroxyl groups excluding tert-OH is 1. The zero-order valence-corrected chi connectivity index (χ0v) is 20.5. The summed E-state index contributed by atoms with van der Waals surface area (Å²) in [4.78, 5) is 1.43. The summed E-state index contributed by atoms with van der Waals surface area (Å²) in [7, 11) is -4.35. The van der Waals surface area contributed by atoms with E-state index in [0.717, 1.165) is 0 Å². The van der Waals surface area contributed by atoms with E-state index in [9.17, 15) is 35.5 Å². The number of anilines is 2. The van der Waals surface area contributed by atoms with E-state index >= 15 is 0 Å². The minimum atomic E-state index is -5.82. The predicted molar refractivity (Wildman–Crippen MR) is 129 cm³/mol. The van der Waals surface area contributed by atoms with Gasteiger partial charge in [0.05, 0.1) is 34.5 Å². The van der Waals surface area contributed by atoms with Crippen molar-refractivity contribution in [2.24, 2.45) is 0 Å². The highest BCUT2D eigenvalue weighted by Gasteiger charge is 2.58. The largest absolute Gasteiger partial charge is 0.458 e. The normalized spacial score (nSPS) is 21.8. The molecule has 6 nitrogen and oxygen atoms in total. The fourth-order valence-corrected chi connectivity index (χ4v) is 6.22. The average molecular weight is 555 g/mol. The number of fused-ring (bicyclic) bond motifs is 2. The maximum absolute atomic E-state index is 13.6. The first-order valence-electron chi connectivity index (χ1n) is 11.8. The minimum absolute atomic E-state index is 0.300. The Morgan fingerprint density at radius 2 is 1.39 bits per heavy atom. The summed E-state index contributed by atoms with van der Waals surface area (Å²) in [5, 5.41) is 11.3. The summed E-state index contributed by atoms with van der Waals surface area (Å²) < 4.78 is 99.7. The molecule has 0 bridgehead atoms. The Morgan fingerprint density at radius 3 is 1.95 bits per heavy atom. The van der Waals surface area contributed by atoms with Crippen molar-refractivity contribution in [3.8, 4) is 11.5 Å². The topological polar surface area (TPSA) is 78.9 Å². The van der Waals surface area contributed by atoms with Crippen LogP contribution in [0.25, 0.3) is 0 Å². The number of rotatable bonds is 5. The number of nitrogens with one attached hydrogen (secondary N) is 1. The van der Waals surface area contributed by atoms with Gasteiger partial charge in [0.2, 0.25) is 10.0 Å². The number of sulfonamides is 1. The Morgan fingerprint density at radius 1 is 0.842 bits per heavy atom. The van der Waals surface area contributed by atoms with Crippen LogP contribution in [0.5, 0.6) is 11.5 Å². The van der Waals surface area contributed by atoms with Gasteiger partial charge in [-0.15, -0.1) is 0 Å². The van der Waals surface area contributed by atoms with Crippen molar-refractivity contribution in [2.45, 2.75) is 54.4 Å². The maximum Gasteiger partial charge on any atom is 0.458 e. The molecule has 1 fully saturated rings. The van der Waals surface area contributed by atoms with Crippen LogP contribution in [0.2, 0.25) is 0 Å². The second-order valence-corrected chi connectivity index (χ2v) is 10.9. The van der Waals surface area contributed by atoms with Crippen molar-refractivity contribution in [1.29, 1.82) is 0 Å². The van der Waals surface area contributed by atoms with Crippen LogP contribution >= 0.6 is 0 Å². The van der Waals surface area contributed by atoms with Gasteiger partial charge in [0.25, 0.3) is 0 Å². The molecule has 1 aliphatic carbocycles. The fraction of sp³-hybridized carbons (Fsp3) is 0.308. The third-order valence-electron chi connectivity index (χ3n) is 6.81. The molecule has 2 N–H and O–H groups in total. The van der Waals surface area contributed by atoms with Gasteiger partial charge in [0, 0.05) is 5.56 Å². The van der Waals surface area contributed by atoms with E-state index in [1.54, 1.807) is 12.1 Å². The van der Waals surface area contributed by atoms with Crippen molar-refractivity contribution in [2.75, 3.05) is 4.90 Å². The Kier molecular flexibility index (Phi) is 6.60. The maximum atomic E-state index is 13.6. The molecule has 1 saturated carbocycles. The first-order chi connectivity index (χ1) is 17.9. The van der Waals surface area contributed by atoms with Gasteiger partial charge in [-0.05, 0) is 55.7 Å². The molecule has 3 aromatic rings. The Hall–Kier alpha value is -3.22. The molecule has 5 rings (SSSR count). The molecule has 0 spiro atoms. The van der Waals surface area contributed by atoms with Crippen molar-refractivity contribution in [3.05, 3.63) is 78.4 Å². The van der Waals surface area contributed by atoms with Gasteiger partial charge in [-0.3, -0.25) is 0 Å². The highest BCUT2D eigenvalue weighted by Crippen LogP contribution is 2.49. The van der Waals surface area contributed by atoms with Crippen molar-refractivity contribution < 1.29 is 40.2 Å². The number of halogens is 5. The molecule has 12 heteroatoms. The second kappa shape index (κ2) is 9.51. The van der Waals surface area contributed by atoms with E-state index in [1.165, 1.54) is 0 Å². The standard InChI is InChI=1S/C26H23F5N2O4S/c27-25(28,26(29,30)31)16-12-14-17(15-13-16)38(35,36)32-18-6-5-9-21(24(18)34)33-19-7-1-3-10-22(19)37-23-11-4-2-8-20(23)33/h1-4,7-8,10-15,18,21,24,32,34H,5-6,9H2/t18?,21?,24-/m0/s1. The highest BCUT2D eigenvalue weighted by atomic mass is 32.2. The third-order valence-corrected chi connectivity index (χ3v) is 8.32. The molecule has 202 valence electrons. The van der Waals surface area contributed by atoms with E-state index < -0.39 is 50.8 Å². The van der Waals surface area contributed by atoms with Crippen LogP contribution in [0.15, 0.2) is 77.7 Å². The Balaban J connectivity index is 1.40.